The van der Waals surface area contributed by atoms with E-state index in [1.54, 1.807) is 6.07 Å². The van der Waals surface area contributed by atoms with E-state index in [0.29, 0.717) is 16.5 Å². The molecule has 0 radical (unpaired) electrons. The molecule has 0 fully saturated rings. The lowest BCUT2D eigenvalue weighted by Crippen LogP contribution is -2.25. The molecular formula is C21H16F2N2O4S. The Balaban J connectivity index is 1.99. The summed E-state index contributed by atoms with van der Waals surface area (Å²) < 4.78 is 34.7. The molecule has 4 aromatic rings. The molecule has 0 aliphatic carbocycles. The first kappa shape index (κ1) is 20.0. The van der Waals surface area contributed by atoms with Crippen LogP contribution in [0.3, 0.4) is 0 Å². The van der Waals surface area contributed by atoms with Crippen LogP contribution in [0.2, 0.25) is 0 Å². The minimum Gasteiger partial charge on any atom is -0.477 e. The summed E-state index contributed by atoms with van der Waals surface area (Å²) in [7, 11) is 1.13. The first-order valence-electron chi connectivity index (χ1n) is 8.85. The van der Waals surface area contributed by atoms with Gasteiger partial charge >= 0.3 is 11.9 Å². The van der Waals surface area contributed by atoms with Crippen LogP contribution in [0.4, 0.5) is 8.78 Å². The average Bonchev–Trinajstić information content (AvgIpc) is 3.25. The van der Waals surface area contributed by atoms with Crippen molar-refractivity contribution >= 4 is 44.3 Å². The Morgan fingerprint density at radius 3 is 2.50 bits per heavy atom. The van der Waals surface area contributed by atoms with Gasteiger partial charge in [-0.05, 0) is 47.3 Å². The van der Waals surface area contributed by atoms with Crippen molar-refractivity contribution in [2.45, 2.75) is 12.6 Å². The fourth-order valence-corrected chi connectivity index (χ4v) is 4.59. The Bertz CT molecular complexity index is 1310. The third kappa shape index (κ3) is 3.21. The van der Waals surface area contributed by atoms with Crippen LogP contribution < -0.4 is 5.73 Å². The van der Waals surface area contributed by atoms with Crippen LogP contribution in [-0.4, -0.2) is 28.7 Å². The van der Waals surface area contributed by atoms with Crippen molar-refractivity contribution in [2.75, 3.05) is 7.11 Å². The van der Waals surface area contributed by atoms with Gasteiger partial charge in [0.2, 0.25) is 0 Å². The van der Waals surface area contributed by atoms with Gasteiger partial charge in [0.1, 0.15) is 23.4 Å². The van der Waals surface area contributed by atoms with Gasteiger partial charge in [0.25, 0.3) is 0 Å². The maximum absolute atomic E-state index is 14.0. The summed E-state index contributed by atoms with van der Waals surface area (Å²) in [5, 5.41) is 12.6. The van der Waals surface area contributed by atoms with Crippen LogP contribution in [0.25, 0.3) is 21.0 Å². The summed E-state index contributed by atoms with van der Waals surface area (Å²) in [4.78, 5) is 24.3. The van der Waals surface area contributed by atoms with Crippen LogP contribution in [0.1, 0.15) is 27.7 Å². The number of benzene rings is 2. The van der Waals surface area contributed by atoms with Crippen molar-refractivity contribution in [1.82, 2.24) is 4.57 Å². The van der Waals surface area contributed by atoms with Gasteiger partial charge in [-0.2, -0.15) is 0 Å². The molecule has 0 saturated carbocycles. The van der Waals surface area contributed by atoms with E-state index in [2.05, 4.69) is 4.74 Å². The SMILES string of the molecule is COC(=O)C(N)c1c(C(=O)O)n(Cc2csc3ccc(F)cc23)c2ccc(F)cc12. The number of hydrogen-bond acceptors (Lipinski definition) is 5. The lowest BCUT2D eigenvalue weighted by atomic mass is 10.0. The monoisotopic (exact) mass is 430 g/mol. The number of carbonyl (C=O) groups is 2. The largest absolute Gasteiger partial charge is 0.477 e. The Morgan fingerprint density at radius 2 is 1.83 bits per heavy atom. The van der Waals surface area contributed by atoms with Crippen molar-refractivity contribution in [2.24, 2.45) is 5.73 Å². The number of hydrogen-bond donors (Lipinski definition) is 2. The molecule has 4 rings (SSSR count). The summed E-state index contributed by atoms with van der Waals surface area (Å²) in [6.45, 7) is 0.0705. The van der Waals surface area contributed by atoms with E-state index >= 15 is 0 Å². The molecular weight excluding hydrogens is 414 g/mol. The number of aromatic nitrogens is 1. The summed E-state index contributed by atoms with van der Waals surface area (Å²) >= 11 is 1.40. The molecule has 2 aromatic heterocycles. The fraction of sp³-hybridized carbons (Fsp3) is 0.143. The van der Waals surface area contributed by atoms with Gasteiger partial charge in [-0.25, -0.2) is 13.6 Å². The molecule has 3 N–H and O–H groups in total. The molecule has 6 nitrogen and oxygen atoms in total. The molecule has 1 atom stereocenters. The predicted molar refractivity (Wildman–Crippen MR) is 109 cm³/mol. The predicted octanol–water partition coefficient (Wildman–Crippen LogP) is 4.05. The number of halogens is 2. The summed E-state index contributed by atoms with van der Waals surface area (Å²) in [6.07, 6.45) is 0. The molecule has 0 amide bonds. The standard InChI is InChI=1S/C21H16F2N2O4S/c1-29-21(28)18(24)17-14-7-11(22)2-4-15(14)25(19(17)20(26)27)8-10-9-30-16-5-3-12(23)6-13(10)16/h2-7,9,18H,8,24H2,1H3,(H,26,27). The quantitative estimate of drug-likeness (QED) is 0.466. The van der Waals surface area contributed by atoms with Crippen molar-refractivity contribution in [3.8, 4) is 0 Å². The zero-order valence-electron chi connectivity index (χ0n) is 15.7. The number of methoxy groups -OCH3 is 1. The molecule has 154 valence electrons. The second kappa shape index (κ2) is 7.51. The number of aromatic carboxylic acids is 1. The van der Waals surface area contributed by atoms with Gasteiger partial charge in [-0.3, -0.25) is 4.79 Å². The lowest BCUT2D eigenvalue weighted by Gasteiger charge is -2.12. The third-order valence-electron chi connectivity index (χ3n) is 4.98. The van der Waals surface area contributed by atoms with Crippen molar-refractivity contribution in [1.29, 1.82) is 0 Å². The normalized spacial score (nSPS) is 12.4. The number of carboxylic acid groups (broad SMARTS) is 1. The zero-order valence-corrected chi connectivity index (χ0v) is 16.5. The minimum atomic E-state index is -1.41. The summed E-state index contributed by atoms with van der Waals surface area (Å²) in [5.74, 6) is -3.18. The smallest absolute Gasteiger partial charge is 0.352 e. The number of nitrogens with two attached hydrogens (primary N) is 1. The average molecular weight is 430 g/mol. The van der Waals surface area contributed by atoms with Crippen LogP contribution >= 0.6 is 11.3 Å². The molecule has 2 heterocycles. The highest BCUT2D eigenvalue weighted by molar-refractivity contribution is 7.17. The Morgan fingerprint density at radius 1 is 1.17 bits per heavy atom. The van der Waals surface area contributed by atoms with Crippen LogP contribution in [0.5, 0.6) is 0 Å². The molecule has 9 heteroatoms. The highest BCUT2D eigenvalue weighted by Gasteiger charge is 2.31. The molecule has 30 heavy (non-hydrogen) atoms. The lowest BCUT2D eigenvalue weighted by molar-refractivity contribution is -0.142. The molecule has 2 aromatic carbocycles. The fourth-order valence-electron chi connectivity index (χ4n) is 3.65. The summed E-state index contributed by atoms with van der Waals surface area (Å²) in [6, 6.07) is 6.74. The number of rotatable bonds is 5. The molecule has 1 unspecified atom stereocenters. The van der Waals surface area contributed by atoms with Gasteiger partial charge < -0.3 is 20.1 Å². The number of carbonyl (C=O) groups excluding carboxylic acids is 1. The molecule has 0 saturated heterocycles. The molecule has 0 bridgehead atoms. The van der Waals surface area contributed by atoms with E-state index in [0.717, 1.165) is 17.9 Å². The van der Waals surface area contributed by atoms with Gasteiger partial charge in [-0.15, -0.1) is 11.3 Å². The highest BCUT2D eigenvalue weighted by atomic mass is 32.1. The van der Waals surface area contributed by atoms with Crippen LogP contribution in [0, 0.1) is 11.6 Å². The Kier molecular flexibility index (Phi) is 5.00. The molecule has 0 aliphatic heterocycles. The molecule has 0 aliphatic rings. The van der Waals surface area contributed by atoms with Crippen molar-refractivity contribution < 1.29 is 28.2 Å². The second-order valence-electron chi connectivity index (χ2n) is 6.72. The van der Waals surface area contributed by atoms with Crippen molar-refractivity contribution in [3.63, 3.8) is 0 Å². The molecule has 0 spiro atoms. The van der Waals surface area contributed by atoms with E-state index in [9.17, 15) is 23.5 Å². The number of nitrogens with zero attached hydrogens (tertiary/aromatic N) is 1. The number of ether oxygens (including phenoxy) is 1. The van der Waals surface area contributed by atoms with Gasteiger partial charge in [0, 0.05) is 33.1 Å². The van der Waals surface area contributed by atoms with Crippen LogP contribution in [0.15, 0.2) is 41.8 Å². The first-order chi connectivity index (χ1) is 14.3. The van der Waals surface area contributed by atoms with Gasteiger partial charge in [-0.1, -0.05) is 0 Å². The van der Waals surface area contributed by atoms with E-state index < -0.39 is 29.6 Å². The Hall–Kier alpha value is -3.30. The van der Waals surface area contributed by atoms with Crippen molar-refractivity contribution in [3.05, 3.63) is 70.2 Å². The number of carboxylic acids is 1. The van der Waals surface area contributed by atoms with E-state index in [-0.39, 0.29) is 23.2 Å². The summed E-state index contributed by atoms with van der Waals surface area (Å²) in [5.41, 5.74) is 6.78. The van der Waals surface area contributed by atoms with E-state index in [4.69, 9.17) is 5.73 Å². The maximum atomic E-state index is 14.0. The number of fused-ring (bicyclic) bond motifs is 2. The van der Waals surface area contributed by atoms with E-state index in [1.165, 1.54) is 40.2 Å². The maximum Gasteiger partial charge on any atom is 0.352 e. The number of esters is 1. The van der Waals surface area contributed by atoms with E-state index in [1.807, 2.05) is 5.38 Å². The second-order valence-corrected chi connectivity index (χ2v) is 7.63. The Labute approximate surface area is 173 Å². The zero-order chi connectivity index (χ0) is 21.6. The topological polar surface area (TPSA) is 94.6 Å². The van der Waals surface area contributed by atoms with Crippen LogP contribution in [-0.2, 0) is 16.1 Å². The number of thiophene rings is 1. The van der Waals surface area contributed by atoms with Gasteiger partial charge in [0.15, 0.2) is 0 Å². The third-order valence-corrected chi connectivity index (χ3v) is 5.99. The highest BCUT2D eigenvalue weighted by Crippen LogP contribution is 2.34. The van der Waals surface area contributed by atoms with Gasteiger partial charge in [0.05, 0.1) is 7.11 Å². The first-order valence-corrected chi connectivity index (χ1v) is 9.73. The minimum absolute atomic E-state index is 0.0328.